The number of fused-ring (bicyclic) bond motifs is 1. The van der Waals surface area contributed by atoms with Crippen LogP contribution in [0.5, 0.6) is 0 Å². The maximum atomic E-state index is 4.51. The highest BCUT2D eigenvalue weighted by atomic mass is 79.9. The average Bonchev–Trinajstić information content (AvgIpc) is 2.92. The molecule has 3 rings (SSSR count). The first-order chi connectivity index (χ1) is 11.1. The summed E-state index contributed by atoms with van der Waals surface area (Å²) in [5, 5.41) is 4.64. The fourth-order valence-corrected chi connectivity index (χ4v) is 3.95. The van der Waals surface area contributed by atoms with Gasteiger partial charge in [-0.15, -0.1) is 11.3 Å². The lowest BCUT2D eigenvalue weighted by atomic mass is 10.0. The van der Waals surface area contributed by atoms with E-state index in [-0.39, 0.29) is 0 Å². The SMILES string of the molecule is CCc1sc2ncnc(NCC(C)C)c2c1-c1ccc(Br)cc1. The molecule has 120 valence electrons. The molecule has 0 saturated heterocycles. The van der Waals surface area contributed by atoms with E-state index in [1.807, 2.05) is 0 Å². The van der Waals surface area contributed by atoms with Crippen molar-refractivity contribution in [2.24, 2.45) is 5.92 Å². The lowest BCUT2D eigenvalue weighted by Crippen LogP contribution is -2.09. The van der Waals surface area contributed by atoms with E-state index in [0.29, 0.717) is 5.92 Å². The highest BCUT2D eigenvalue weighted by molar-refractivity contribution is 9.10. The second kappa shape index (κ2) is 6.97. The third-order valence-corrected chi connectivity index (χ3v) is 5.46. The van der Waals surface area contributed by atoms with Gasteiger partial charge in [0.05, 0.1) is 5.39 Å². The number of nitrogens with one attached hydrogen (secondary N) is 1. The lowest BCUT2D eigenvalue weighted by Gasteiger charge is -2.11. The van der Waals surface area contributed by atoms with Crippen molar-refractivity contribution in [1.29, 1.82) is 0 Å². The van der Waals surface area contributed by atoms with Crippen molar-refractivity contribution < 1.29 is 0 Å². The zero-order valence-corrected chi connectivity index (χ0v) is 16.0. The topological polar surface area (TPSA) is 37.8 Å². The van der Waals surface area contributed by atoms with Crippen LogP contribution in [0.4, 0.5) is 5.82 Å². The fraction of sp³-hybridized carbons (Fsp3) is 0.333. The van der Waals surface area contributed by atoms with Crippen molar-refractivity contribution in [2.75, 3.05) is 11.9 Å². The zero-order chi connectivity index (χ0) is 16.4. The molecule has 0 bridgehead atoms. The number of thiophene rings is 1. The number of hydrogen-bond donors (Lipinski definition) is 1. The largest absolute Gasteiger partial charge is 0.369 e. The summed E-state index contributed by atoms with van der Waals surface area (Å²) in [6.07, 6.45) is 2.66. The van der Waals surface area contributed by atoms with Crippen LogP contribution in [0.3, 0.4) is 0 Å². The number of halogens is 1. The number of aryl methyl sites for hydroxylation is 1. The van der Waals surface area contributed by atoms with Gasteiger partial charge >= 0.3 is 0 Å². The monoisotopic (exact) mass is 389 g/mol. The van der Waals surface area contributed by atoms with Crippen molar-refractivity contribution in [3.8, 4) is 11.1 Å². The Bertz CT molecular complexity index is 809. The van der Waals surface area contributed by atoms with Gasteiger partial charge < -0.3 is 5.32 Å². The van der Waals surface area contributed by atoms with Crippen LogP contribution in [0.1, 0.15) is 25.6 Å². The van der Waals surface area contributed by atoms with E-state index >= 15 is 0 Å². The molecule has 3 aromatic rings. The summed E-state index contributed by atoms with van der Waals surface area (Å²) in [7, 11) is 0. The summed E-state index contributed by atoms with van der Waals surface area (Å²) >= 11 is 5.28. The number of anilines is 1. The summed E-state index contributed by atoms with van der Waals surface area (Å²) in [5.41, 5.74) is 2.49. The number of benzene rings is 1. The van der Waals surface area contributed by atoms with Crippen LogP contribution in [0.2, 0.25) is 0 Å². The number of nitrogens with zero attached hydrogens (tertiary/aromatic N) is 2. The Labute approximate surface area is 149 Å². The third-order valence-electron chi connectivity index (χ3n) is 3.69. The van der Waals surface area contributed by atoms with Gasteiger partial charge in [-0.3, -0.25) is 0 Å². The Morgan fingerprint density at radius 2 is 1.91 bits per heavy atom. The van der Waals surface area contributed by atoms with Gasteiger partial charge in [-0.1, -0.05) is 48.8 Å². The van der Waals surface area contributed by atoms with Crippen LogP contribution in [-0.4, -0.2) is 16.5 Å². The second-order valence-electron chi connectivity index (χ2n) is 5.94. The summed E-state index contributed by atoms with van der Waals surface area (Å²) < 4.78 is 1.09. The van der Waals surface area contributed by atoms with E-state index < -0.39 is 0 Å². The van der Waals surface area contributed by atoms with Crippen LogP contribution in [0.15, 0.2) is 35.1 Å². The molecule has 2 heterocycles. The molecule has 3 nitrogen and oxygen atoms in total. The highest BCUT2D eigenvalue weighted by Crippen LogP contribution is 2.41. The quantitative estimate of drug-likeness (QED) is 0.603. The van der Waals surface area contributed by atoms with E-state index in [1.165, 1.54) is 16.0 Å². The van der Waals surface area contributed by atoms with Crippen molar-refractivity contribution in [3.05, 3.63) is 39.9 Å². The van der Waals surface area contributed by atoms with Gasteiger partial charge in [-0.2, -0.15) is 0 Å². The van der Waals surface area contributed by atoms with E-state index in [0.717, 1.165) is 33.5 Å². The van der Waals surface area contributed by atoms with Gasteiger partial charge in [0.2, 0.25) is 0 Å². The zero-order valence-electron chi connectivity index (χ0n) is 13.6. The van der Waals surface area contributed by atoms with Gasteiger partial charge in [0.15, 0.2) is 0 Å². The summed E-state index contributed by atoms with van der Waals surface area (Å²) in [6.45, 7) is 7.50. The van der Waals surface area contributed by atoms with Gasteiger partial charge in [0.25, 0.3) is 0 Å². The molecule has 0 amide bonds. The Balaban J connectivity index is 2.19. The highest BCUT2D eigenvalue weighted by Gasteiger charge is 2.18. The first-order valence-corrected chi connectivity index (χ1v) is 9.47. The molecule has 1 N–H and O–H groups in total. The minimum absolute atomic E-state index is 0.570. The Hall–Kier alpha value is -1.46. The van der Waals surface area contributed by atoms with Gasteiger partial charge in [0.1, 0.15) is 17.0 Å². The van der Waals surface area contributed by atoms with Gasteiger partial charge in [0, 0.05) is 21.5 Å². The van der Waals surface area contributed by atoms with Crippen LogP contribution in [0.25, 0.3) is 21.3 Å². The molecule has 0 aliphatic rings. The van der Waals surface area contributed by atoms with Crippen molar-refractivity contribution >= 4 is 43.3 Å². The molecule has 5 heteroatoms. The molecule has 0 saturated carbocycles. The van der Waals surface area contributed by atoms with E-state index in [2.05, 4.69) is 76.3 Å². The van der Waals surface area contributed by atoms with Crippen molar-refractivity contribution in [2.45, 2.75) is 27.2 Å². The molecule has 0 aliphatic heterocycles. The first kappa shape index (κ1) is 16.4. The predicted octanol–water partition coefficient (Wildman–Crippen LogP) is 5.75. The maximum absolute atomic E-state index is 4.51. The minimum Gasteiger partial charge on any atom is -0.369 e. The molecule has 0 unspecified atom stereocenters. The number of aromatic nitrogens is 2. The maximum Gasteiger partial charge on any atom is 0.138 e. The second-order valence-corrected chi connectivity index (χ2v) is 7.94. The predicted molar refractivity (Wildman–Crippen MR) is 103 cm³/mol. The van der Waals surface area contributed by atoms with Crippen molar-refractivity contribution in [1.82, 2.24) is 9.97 Å². The number of hydrogen-bond acceptors (Lipinski definition) is 4. The Kier molecular flexibility index (Phi) is 4.97. The van der Waals surface area contributed by atoms with Gasteiger partial charge in [-0.25, -0.2) is 9.97 Å². The van der Waals surface area contributed by atoms with Crippen LogP contribution < -0.4 is 5.32 Å². The molecular formula is C18H20BrN3S. The normalized spacial score (nSPS) is 11.3. The molecule has 0 aliphatic carbocycles. The van der Waals surface area contributed by atoms with Gasteiger partial charge in [-0.05, 0) is 30.0 Å². The smallest absolute Gasteiger partial charge is 0.138 e. The molecule has 23 heavy (non-hydrogen) atoms. The Morgan fingerprint density at radius 3 is 2.57 bits per heavy atom. The minimum atomic E-state index is 0.570. The molecule has 0 fully saturated rings. The first-order valence-electron chi connectivity index (χ1n) is 7.86. The molecule has 0 spiro atoms. The van der Waals surface area contributed by atoms with Crippen LogP contribution >= 0.6 is 27.3 Å². The Morgan fingerprint density at radius 1 is 1.17 bits per heavy atom. The van der Waals surface area contributed by atoms with E-state index in [9.17, 15) is 0 Å². The van der Waals surface area contributed by atoms with E-state index in [4.69, 9.17) is 0 Å². The summed E-state index contributed by atoms with van der Waals surface area (Å²) in [6, 6.07) is 8.49. The molecular weight excluding hydrogens is 370 g/mol. The van der Waals surface area contributed by atoms with Crippen LogP contribution in [-0.2, 0) is 6.42 Å². The van der Waals surface area contributed by atoms with E-state index in [1.54, 1.807) is 17.7 Å². The third kappa shape index (κ3) is 3.40. The fourth-order valence-electron chi connectivity index (χ4n) is 2.58. The summed E-state index contributed by atoms with van der Waals surface area (Å²) in [5.74, 6) is 1.51. The number of rotatable bonds is 5. The molecule has 0 atom stereocenters. The molecule has 1 aromatic carbocycles. The average molecular weight is 390 g/mol. The van der Waals surface area contributed by atoms with Crippen molar-refractivity contribution in [3.63, 3.8) is 0 Å². The lowest BCUT2D eigenvalue weighted by molar-refractivity contribution is 0.687. The summed E-state index contributed by atoms with van der Waals surface area (Å²) in [4.78, 5) is 11.4. The molecule has 2 aromatic heterocycles. The molecule has 0 radical (unpaired) electrons. The standard InChI is InChI=1S/C18H20BrN3S/c1-4-14-15(12-5-7-13(19)8-6-12)16-17(20-9-11(2)3)21-10-22-18(16)23-14/h5-8,10-11H,4,9H2,1-3H3,(H,20,21,22). The van der Waals surface area contributed by atoms with Crippen LogP contribution in [0, 0.1) is 5.92 Å².